The summed E-state index contributed by atoms with van der Waals surface area (Å²) in [6.45, 7) is 4.52. The van der Waals surface area contributed by atoms with Crippen molar-refractivity contribution >= 4 is 51.0 Å². The summed E-state index contributed by atoms with van der Waals surface area (Å²) in [5, 5.41) is 5.03. The zero-order valence-electron chi connectivity index (χ0n) is 20.2. The number of aromatic nitrogens is 3. The van der Waals surface area contributed by atoms with Gasteiger partial charge in [-0.05, 0) is 32.0 Å². The van der Waals surface area contributed by atoms with Gasteiger partial charge in [-0.25, -0.2) is 4.98 Å². The zero-order chi connectivity index (χ0) is 26.1. The van der Waals surface area contributed by atoms with E-state index < -0.39 is 17.6 Å². The van der Waals surface area contributed by atoms with Crippen LogP contribution in [-0.2, 0) is 4.79 Å². The SMILES string of the molecule is Cc1csc(NC(=O)c2ccnc3c(C(=O)C(=O)N4CCN(C(=O)c5ccccc5)C[C@@H]4C)c[nH]c23)n1. The van der Waals surface area contributed by atoms with Gasteiger partial charge in [0, 0.05) is 49.0 Å². The Morgan fingerprint density at radius 3 is 2.57 bits per heavy atom. The number of pyridine rings is 1. The first-order chi connectivity index (χ1) is 17.8. The van der Waals surface area contributed by atoms with Crippen molar-refractivity contribution in [1.82, 2.24) is 24.8 Å². The van der Waals surface area contributed by atoms with Crippen molar-refractivity contribution in [3.05, 3.63) is 76.6 Å². The lowest BCUT2D eigenvalue weighted by Gasteiger charge is -2.39. The van der Waals surface area contributed by atoms with Gasteiger partial charge >= 0.3 is 0 Å². The molecule has 0 aliphatic carbocycles. The van der Waals surface area contributed by atoms with Gasteiger partial charge < -0.3 is 14.8 Å². The highest BCUT2D eigenvalue weighted by atomic mass is 32.1. The predicted molar refractivity (Wildman–Crippen MR) is 139 cm³/mol. The summed E-state index contributed by atoms with van der Waals surface area (Å²) in [7, 11) is 0. The number of aromatic amines is 1. The van der Waals surface area contributed by atoms with Crippen LogP contribution < -0.4 is 5.32 Å². The van der Waals surface area contributed by atoms with Crippen LogP contribution in [0.1, 0.15) is 43.7 Å². The Balaban J connectivity index is 1.31. The first-order valence-corrected chi connectivity index (χ1v) is 12.6. The van der Waals surface area contributed by atoms with Gasteiger partial charge in [-0.3, -0.25) is 29.5 Å². The number of thiazole rings is 1. The summed E-state index contributed by atoms with van der Waals surface area (Å²) < 4.78 is 0. The fraction of sp³-hybridized carbons (Fsp3) is 0.231. The summed E-state index contributed by atoms with van der Waals surface area (Å²) in [6, 6.07) is 10.2. The van der Waals surface area contributed by atoms with Crippen LogP contribution in [0.4, 0.5) is 5.13 Å². The third-order valence-corrected chi connectivity index (χ3v) is 7.16. The molecule has 0 spiro atoms. The second-order valence-electron chi connectivity index (χ2n) is 8.83. The van der Waals surface area contributed by atoms with E-state index >= 15 is 0 Å². The number of Topliss-reactive ketones (excluding diaryl/α,β-unsaturated/α-hetero) is 1. The molecule has 1 aromatic carbocycles. The van der Waals surface area contributed by atoms with Crippen molar-refractivity contribution in [2.45, 2.75) is 19.9 Å². The molecule has 1 saturated heterocycles. The van der Waals surface area contributed by atoms with Crippen LogP contribution in [0.15, 0.2) is 54.2 Å². The summed E-state index contributed by atoms with van der Waals surface area (Å²) in [4.78, 5) is 66.7. The van der Waals surface area contributed by atoms with Gasteiger partial charge in [0.25, 0.3) is 23.5 Å². The molecule has 1 atom stereocenters. The summed E-state index contributed by atoms with van der Waals surface area (Å²) in [6.07, 6.45) is 2.83. The number of anilines is 1. The molecule has 4 heterocycles. The molecule has 1 aliphatic rings. The maximum atomic E-state index is 13.2. The molecular formula is C26H24N6O4S. The van der Waals surface area contributed by atoms with Gasteiger partial charge in [0.2, 0.25) is 0 Å². The van der Waals surface area contributed by atoms with Crippen molar-refractivity contribution in [2.24, 2.45) is 0 Å². The minimum Gasteiger partial charge on any atom is -0.358 e. The number of benzene rings is 1. The van der Waals surface area contributed by atoms with Crippen LogP contribution in [0.25, 0.3) is 11.0 Å². The summed E-state index contributed by atoms with van der Waals surface area (Å²) in [5.74, 6) is -1.90. The molecule has 1 fully saturated rings. The highest BCUT2D eigenvalue weighted by Gasteiger charge is 2.34. The van der Waals surface area contributed by atoms with Gasteiger partial charge in [0.15, 0.2) is 5.13 Å². The molecule has 37 heavy (non-hydrogen) atoms. The van der Waals surface area contributed by atoms with Gasteiger partial charge in [-0.15, -0.1) is 11.3 Å². The monoisotopic (exact) mass is 516 g/mol. The molecular weight excluding hydrogens is 492 g/mol. The molecule has 5 rings (SSSR count). The van der Waals surface area contributed by atoms with Crippen molar-refractivity contribution in [3.8, 4) is 0 Å². The number of nitrogens with one attached hydrogen (secondary N) is 2. The molecule has 10 nitrogen and oxygen atoms in total. The minimum absolute atomic E-state index is 0.0923. The van der Waals surface area contributed by atoms with Crippen LogP contribution in [0, 0.1) is 6.92 Å². The summed E-state index contributed by atoms with van der Waals surface area (Å²) in [5.41, 5.74) is 2.36. The molecule has 1 aliphatic heterocycles. The Morgan fingerprint density at radius 2 is 1.86 bits per heavy atom. The van der Waals surface area contributed by atoms with E-state index in [9.17, 15) is 19.2 Å². The molecule has 3 aromatic heterocycles. The Labute approximate surface area is 216 Å². The minimum atomic E-state index is -0.721. The molecule has 3 amide bonds. The lowest BCUT2D eigenvalue weighted by Crippen LogP contribution is -2.56. The van der Waals surface area contributed by atoms with Crippen LogP contribution >= 0.6 is 11.3 Å². The lowest BCUT2D eigenvalue weighted by molar-refractivity contribution is -0.130. The number of amides is 3. The number of ketones is 1. The third-order valence-electron chi connectivity index (χ3n) is 6.29. The van der Waals surface area contributed by atoms with E-state index in [0.29, 0.717) is 29.3 Å². The first-order valence-electron chi connectivity index (χ1n) is 11.7. The molecule has 0 unspecified atom stereocenters. The van der Waals surface area contributed by atoms with Gasteiger partial charge in [0.05, 0.1) is 22.3 Å². The van der Waals surface area contributed by atoms with Crippen molar-refractivity contribution in [3.63, 3.8) is 0 Å². The number of hydrogen-bond donors (Lipinski definition) is 2. The van der Waals surface area contributed by atoms with Gasteiger partial charge in [-0.2, -0.15) is 0 Å². The Kier molecular flexibility index (Phi) is 6.53. The molecule has 4 aromatic rings. The smallest absolute Gasteiger partial charge is 0.295 e. The van der Waals surface area contributed by atoms with Crippen LogP contribution in [0.2, 0.25) is 0 Å². The fourth-order valence-corrected chi connectivity index (χ4v) is 5.10. The van der Waals surface area contributed by atoms with E-state index in [4.69, 9.17) is 0 Å². The van der Waals surface area contributed by atoms with Crippen molar-refractivity contribution in [2.75, 3.05) is 25.0 Å². The Hall–Kier alpha value is -4.38. The number of aryl methyl sites for hydroxylation is 1. The second-order valence-corrected chi connectivity index (χ2v) is 9.68. The molecule has 0 bridgehead atoms. The maximum Gasteiger partial charge on any atom is 0.295 e. The topological polar surface area (TPSA) is 128 Å². The average Bonchev–Trinajstić information content (AvgIpc) is 3.53. The van der Waals surface area contributed by atoms with Gasteiger partial charge in [0.1, 0.15) is 5.52 Å². The third kappa shape index (κ3) is 4.73. The van der Waals surface area contributed by atoms with Gasteiger partial charge in [-0.1, -0.05) is 18.2 Å². The Morgan fingerprint density at radius 1 is 1.08 bits per heavy atom. The van der Waals surface area contributed by atoms with E-state index in [1.54, 1.807) is 29.2 Å². The van der Waals surface area contributed by atoms with Crippen LogP contribution in [0.5, 0.6) is 0 Å². The Bertz CT molecular complexity index is 1510. The molecule has 0 radical (unpaired) electrons. The normalized spacial score (nSPS) is 15.6. The first kappa shape index (κ1) is 24.3. The number of H-pyrrole nitrogens is 1. The molecule has 0 saturated carbocycles. The van der Waals surface area contributed by atoms with Crippen LogP contribution in [-0.4, -0.2) is 73.9 Å². The largest absolute Gasteiger partial charge is 0.358 e. The average molecular weight is 517 g/mol. The number of carbonyl (C=O) groups excluding carboxylic acids is 4. The van der Waals surface area contributed by atoms with Crippen molar-refractivity contribution < 1.29 is 19.2 Å². The highest BCUT2D eigenvalue weighted by Crippen LogP contribution is 2.23. The standard InChI is InChI=1S/C26H24N6O4S/c1-15-14-37-26(29-15)30-23(34)18-8-9-27-21-19(12-28-20(18)21)22(33)25(36)32-11-10-31(13-16(32)2)24(35)17-6-4-3-5-7-17/h3-9,12,14,16,28H,10-11,13H2,1-2H3,(H,29,30,34)/t16-/m0/s1. The zero-order valence-corrected chi connectivity index (χ0v) is 21.0. The number of carbonyl (C=O) groups is 4. The summed E-state index contributed by atoms with van der Waals surface area (Å²) >= 11 is 1.31. The van der Waals surface area contributed by atoms with E-state index in [1.165, 1.54) is 34.7 Å². The van der Waals surface area contributed by atoms with Crippen LogP contribution in [0.3, 0.4) is 0 Å². The maximum absolute atomic E-state index is 13.2. The lowest BCUT2D eigenvalue weighted by atomic mass is 10.1. The number of fused-ring (bicyclic) bond motifs is 1. The highest BCUT2D eigenvalue weighted by molar-refractivity contribution is 7.14. The quantitative estimate of drug-likeness (QED) is 0.310. The second kappa shape index (κ2) is 9.94. The molecule has 2 N–H and O–H groups in total. The van der Waals surface area contributed by atoms with E-state index in [2.05, 4.69) is 20.3 Å². The van der Waals surface area contributed by atoms with E-state index in [1.807, 2.05) is 25.3 Å². The number of nitrogens with zero attached hydrogens (tertiary/aromatic N) is 4. The van der Waals surface area contributed by atoms with E-state index in [-0.39, 0.29) is 35.1 Å². The fourth-order valence-electron chi connectivity index (χ4n) is 4.42. The predicted octanol–water partition coefficient (Wildman–Crippen LogP) is 3.14. The number of piperazine rings is 1. The molecule has 11 heteroatoms. The number of rotatable bonds is 5. The molecule has 188 valence electrons. The number of hydrogen-bond acceptors (Lipinski definition) is 7. The van der Waals surface area contributed by atoms with Crippen molar-refractivity contribution in [1.29, 1.82) is 0 Å². The van der Waals surface area contributed by atoms with E-state index in [0.717, 1.165) is 5.69 Å².